The maximum atomic E-state index is 14.1. The molecule has 4 aromatic heterocycles. The summed E-state index contributed by atoms with van der Waals surface area (Å²) in [6, 6.07) is 17.2. The van der Waals surface area contributed by atoms with Crippen LogP contribution in [0.4, 0.5) is 5.82 Å². The van der Waals surface area contributed by atoms with Crippen molar-refractivity contribution in [3.8, 4) is 23.0 Å². The van der Waals surface area contributed by atoms with Gasteiger partial charge >= 0.3 is 0 Å². The van der Waals surface area contributed by atoms with Gasteiger partial charge in [0.15, 0.2) is 17.2 Å². The fourth-order valence-corrected chi connectivity index (χ4v) is 4.62. The third-order valence-corrected chi connectivity index (χ3v) is 6.43. The van der Waals surface area contributed by atoms with Crippen molar-refractivity contribution in [1.82, 2.24) is 29.7 Å². The van der Waals surface area contributed by atoms with Gasteiger partial charge < -0.3 is 15.5 Å². The van der Waals surface area contributed by atoms with Crippen LogP contribution in [0.5, 0.6) is 0 Å². The monoisotopic (exact) mass is 529 g/mol. The summed E-state index contributed by atoms with van der Waals surface area (Å²) in [5.41, 5.74) is 8.93. The molecule has 10 heteroatoms. The number of amides is 1. The first-order chi connectivity index (χ1) is 19.4. The van der Waals surface area contributed by atoms with Gasteiger partial charge in [0, 0.05) is 25.0 Å². The number of nitrogen functional groups attached to an aromatic ring is 1. The number of nitrogens with zero attached hydrogens (tertiary/aromatic N) is 5. The molecular weight excluding hydrogens is 506 g/mol. The Morgan fingerprint density at radius 2 is 1.88 bits per heavy atom. The molecule has 10 nitrogen and oxygen atoms in total. The third-order valence-electron chi connectivity index (χ3n) is 6.43. The second-order valence-corrected chi connectivity index (χ2v) is 9.20. The maximum absolute atomic E-state index is 14.1. The van der Waals surface area contributed by atoms with Crippen LogP contribution in [0, 0.1) is 11.8 Å². The maximum Gasteiger partial charge on any atom is 0.274 e. The van der Waals surface area contributed by atoms with E-state index < -0.39 is 11.9 Å². The van der Waals surface area contributed by atoms with E-state index in [4.69, 9.17) is 10.2 Å². The number of aromatic nitrogens is 5. The number of nitrogens with two attached hydrogens (primary N) is 1. The van der Waals surface area contributed by atoms with Crippen LogP contribution in [-0.4, -0.2) is 30.3 Å². The molecule has 0 aliphatic rings. The van der Waals surface area contributed by atoms with Crippen LogP contribution >= 0.6 is 0 Å². The molecule has 0 aliphatic carbocycles. The number of carbonyl (C=O) groups is 1. The Labute approximate surface area is 228 Å². The first-order valence-electron chi connectivity index (χ1n) is 12.5. The lowest BCUT2D eigenvalue weighted by Crippen LogP contribution is -2.30. The average molecular weight is 530 g/mol. The van der Waals surface area contributed by atoms with Crippen molar-refractivity contribution < 1.29 is 9.21 Å². The van der Waals surface area contributed by atoms with E-state index in [0.29, 0.717) is 39.1 Å². The van der Waals surface area contributed by atoms with Gasteiger partial charge in [0.25, 0.3) is 5.91 Å². The Bertz CT molecular complexity index is 2030. The summed E-state index contributed by atoms with van der Waals surface area (Å²) in [5.74, 6) is 6.00. The normalized spacial score (nSPS) is 11.8. The lowest BCUT2D eigenvalue weighted by molar-refractivity contribution is 0.0929. The number of fused-ring (bicyclic) bond motifs is 2. The summed E-state index contributed by atoms with van der Waals surface area (Å²) in [6.07, 6.45) is 4.99. The topological polar surface area (TPSA) is 133 Å². The third kappa shape index (κ3) is 4.35. The second kappa shape index (κ2) is 9.89. The Balaban J connectivity index is 1.48. The van der Waals surface area contributed by atoms with Gasteiger partial charge in [-0.2, -0.15) is 10.2 Å². The van der Waals surface area contributed by atoms with Crippen LogP contribution < -0.4 is 16.5 Å². The molecule has 0 bridgehead atoms. The SMILES string of the molecule is CC(NC(=O)c1c(N)nc2cccnn12)c1oc2cccc(C#Cc3cnn(C)c3)c2c(=O)c1-c1ccccc1. The molecule has 0 aliphatic heterocycles. The standard InChI is InChI=1S/C30H23N7O3/c1-18(34-30(39)26-29(31)35-23-12-7-15-32-37(23)26)28-25(20-8-4-3-5-9-20)27(38)24-21(10-6-11-22(24)40-28)14-13-19-16-33-36(2)17-19/h3-12,15-18H,31H2,1-2H3,(H,34,39). The van der Waals surface area contributed by atoms with Gasteiger partial charge in [-0.15, -0.1) is 0 Å². The van der Waals surface area contributed by atoms with Gasteiger partial charge in [-0.05, 0) is 36.8 Å². The van der Waals surface area contributed by atoms with E-state index in [1.807, 2.05) is 37.4 Å². The summed E-state index contributed by atoms with van der Waals surface area (Å²) < 4.78 is 9.39. The molecule has 40 heavy (non-hydrogen) atoms. The van der Waals surface area contributed by atoms with Crippen LogP contribution in [-0.2, 0) is 7.05 Å². The van der Waals surface area contributed by atoms with E-state index >= 15 is 0 Å². The number of aryl methyl sites for hydroxylation is 1. The number of hydrogen-bond acceptors (Lipinski definition) is 7. The van der Waals surface area contributed by atoms with Gasteiger partial charge in [-0.25, -0.2) is 9.50 Å². The Morgan fingerprint density at radius 3 is 2.65 bits per heavy atom. The summed E-state index contributed by atoms with van der Waals surface area (Å²) >= 11 is 0. The molecule has 3 N–H and O–H groups in total. The van der Waals surface area contributed by atoms with Crippen LogP contribution in [0.15, 0.2) is 88.5 Å². The molecule has 1 unspecified atom stereocenters. The van der Waals surface area contributed by atoms with E-state index in [0.717, 1.165) is 5.56 Å². The minimum Gasteiger partial charge on any atom is -0.458 e. The molecule has 0 saturated heterocycles. The largest absolute Gasteiger partial charge is 0.458 e. The highest BCUT2D eigenvalue weighted by Crippen LogP contribution is 2.30. The molecule has 0 radical (unpaired) electrons. The Kier molecular flexibility index (Phi) is 6.09. The molecular formula is C30H23N7O3. The Hall–Kier alpha value is -5.69. The highest BCUT2D eigenvalue weighted by atomic mass is 16.3. The smallest absolute Gasteiger partial charge is 0.274 e. The lowest BCUT2D eigenvalue weighted by atomic mass is 9.97. The van der Waals surface area contributed by atoms with Crippen molar-refractivity contribution in [2.75, 3.05) is 5.73 Å². The van der Waals surface area contributed by atoms with Crippen molar-refractivity contribution in [1.29, 1.82) is 0 Å². The fourth-order valence-electron chi connectivity index (χ4n) is 4.62. The summed E-state index contributed by atoms with van der Waals surface area (Å²) in [7, 11) is 1.81. The van der Waals surface area contributed by atoms with E-state index in [1.165, 1.54) is 4.52 Å². The van der Waals surface area contributed by atoms with Crippen LogP contribution in [0.1, 0.15) is 40.3 Å². The van der Waals surface area contributed by atoms with Crippen molar-refractivity contribution in [2.45, 2.75) is 13.0 Å². The highest BCUT2D eigenvalue weighted by Gasteiger charge is 2.26. The first kappa shape index (κ1) is 24.6. The van der Waals surface area contributed by atoms with Gasteiger partial charge in [-0.1, -0.05) is 48.2 Å². The molecule has 0 spiro atoms. The molecule has 1 amide bonds. The number of anilines is 1. The van der Waals surface area contributed by atoms with Crippen molar-refractivity contribution in [3.05, 3.63) is 112 Å². The minimum atomic E-state index is -0.710. The molecule has 6 aromatic rings. The summed E-state index contributed by atoms with van der Waals surface area (Å²) in [6.45, 7) is 1.74. The fraction of sp³-hybridized carbons (Fsp3) is 0.100. The number of imidazole rings is 1. The summed E-state index contributed by atoms with van der Waals surface area (Å²) in [5, 5.41) is 11.6. The molecule has 4 heterocycles. The molecule has 0 fully saturated rings. The van der Waals surface area contributed by atoms with Crippen LogP contribution in [0.2, 0.25) is 0 Å². The predicted molar refractivity (Wildman–Crippen MR) is 150 cm³/mol. The van der Waals surface area contributed by atoms with Gasteiger partial charge in [0.2, 0.25) is 5.43 Å². The Morgan fingerprint density at radius 1 is 1.05 bits per heavy atom. The lowest BCUT2D eigenvalue weighted by Gasteiger charge is -2.18. The van der Waals surface area contributed by atoms with Gasteiger partial charge in [0.1, 0.15) is 11.3 Å². The minimum absolute atomic E-state index is 0.0449. The number of nitrogens with one attached hydrogen (secondary N) is 1. The highest BCUT2D eigenvalue weighted by molar-refractivity contribution is 5.98. The van der Waals surface area contributed by atoms with Gasteiger partial charge in [-0.3, -0.25) is 14.3 Å². The molecule has 0 saturated carbocycles. The van der Waals surface area contributed by atoms with Crippen LogP contribution in [0.3, 0.4) is 0 Å². The van der Waals surface area contributed by atoms with Crippen molar-refractivity contribution in [2.24, 2.45) is 7.05 Å². The molecule has 196 valence electrons. The number of carbonyl (C=O) groups excluding carboxylic acids is 1. The van der Waals surface area contributed by atoms with E-state index in [-0.39, 0.29) is 16.9 Å². The molecule has 1 atom stereocenters. The zero-order valence-corrected chi connectivity index (χ0v) is 21.6. The number of benzene rings is 2. The van der Waals surface area contributed by atoms with E-state index in [2.05, 4.69) is 32.3 Å². The molecule has 6 rings (SSSR count). The van der Waals surface area contributed by atoms with Gasteiger partial charge in [0.05, 0.1) is 28.8 Å². The van der Waals surface area contributed by atoms with Crippen LogP contribution in [0.25, 0.3) is 27.7 Å². The number of rotatable bonds is 4. The van der Waals surface area contributed by atoms with E-state index in [9.17, 15) is 9.59 Å². The molecule has 2 aromatic carbocycles. The average Bonchev–Trinajstić information content (AvgIpc) is 3.53. The quantitative estimate of drug-likeness (QED) is 0.333. The van der Waals surface area contributed by atoms with Crippen molar-refractivity contribution in [3.63, 3.8) is 0 Å². The number of hydrogen-bond donors (Lipinski definition) is 2. The zero-order chi connectivity index (χ0) is 27.8. The van der Waals surface area contributed by atoms with Crippen molar-refractivity contribution >= 4 is 28.3 Å². The van der Waals surface area contributed by atoms with E-state index in [1.54, 1.807) is 60.5 Å². The zero-order valence-electron chi connectivity index (χ0n) is 21.6. The first-order valence-corrected chi connectivity index (χ1v) is 12.5. The second-order valence-electron chi connectivity index (χ2n) is 9.20. The summed E-state index contributed by atoms with van der Waals surface area (Å²) in [4.78, 5) is 31.7. The predicted octanol–water partition coefficient (Wildman–Crippen LogP) is 3.71.